The van der Waals surface area contributed by atoms with Crippen molar-refractivity contribution in [1.29, 1.82) is 0 Å². The zero-order chi connectivity index (χ0) is 32.6. The molecule has 6 aliphatic carbocycles. The van der Waals surface area contributed by atoms with E-state index < -0.39 is 0 Å². The molecule has 1 amide bonds. The Morgan fingerprint density at radius 3 is 2.26 bits per heavy atom. The summed E-state index contributed by atoms with van der Waals surface area (Å²) < 4.78 is 6.27. The maximum atomic E-state index is 14.3. The van der Waals surface area contributed by atoms with Crippen LogP contribution in [0, 0.1) is 69.5 Å². The predicted molar refractivity (Wildman–Crippen MR) is 181 cm³/mol. The second kappa shape index (κ2) is 11.9. The summed E-state index contributed by atoms with van der Waals surface area (Å²) in [6, 6.07) is 0. The summed E-state index contributed by atoms with van der Waals surface area (Å²) in [5.41, 5.74) is 0.277. The van der Waals surface area contributed by atoms with Crippen LogP contribution in [0.2, 0.25) is 0 Å². The van der Waals surface area contributed by atoms with Gasteiger partial charge in [0.2, 0.25) is 5.91 Å². The fourth-order valence-electron chi connectivity index (χ4n) is 13.9. The van der Waals surface area contributed by atoms with E-state index in [1.165, 1.54) is 70.9 Å². The Hall–Kier alpha value is -1.43. The summed E-state index contributed by atoms with van der Waals surface area (Å²) in [7, 11) is 0. The van der Waals surface area contributed by atoms with Crippen LogP contribution in [0.25, 0.3) is 0 Å². The third-order valence-corrected chi connectivity index (χ3v) is 16.3. The van der Waals surface area contributed by atoms with Crippen molar-refractivity contribution in [2.24, 2.45) is 69.5 Å². The Labute approximate surface area is 279 Å². The van der Waals surface area contributed by atoms with Gasteiger partial charge in [-0.1, -0.05) is 34.1 Å². The number of hydrogen-bond acceptors (Lipinski definition) is 5. The van der Waals surface area contributed by atoms with E-state index in [1.807, 2.05) is 6.92 Å². The lowest BCUT2D eigenvalue weighted by atomic mass is 9.37. The monoisotopic (exact) mass is 636 g/mol. The number of esters is 1. The molecule has 1 saturated heterocycles. The Morgan fingerprint density at radius 2 is 1.54 bits per heavy atom. The second-order valence-corrected chi connectivity index (χ2v) is 18.9. The highest BCUT2D eigenvalue weighted by atomic mass is 16.5. The fourth-order valence-corrected chi connectivity index (χ4v) is 13.9. The van der Waals surface area contributed by atoms with E-state index in [2.05, 4.69) is 44.8 Å². The van der Waals surface area contributed by atoms with Gasteiger partial charge in [-0.3, -0.25) is 9.59 Å². The van der Waals surface area contributed by atoms with Crippen molar-refractivity contribution in [3.05, 3.63) is 0 Å². The normalized spacial score (nSPS) is 48.7. The number of carbonyl (C=O) groups excluding carboxylic acids is 3. The van der Waals surface area contributed by atoms with Crippen molar-refractivity contribution in [3.63, 3.8) is 0 Å². The van der Waals surface area contributed by atoms with Crippen molar-refractivity contribution in [3.8, 4) is 0 Å². The summed E-state index contributed by atoms with van der Waals surface area (Å²) >= 11 is 0. The van der Waals surface area contributed by atoms with Gasteiger partial charge >= 0.3 is 5.97 Å². The fraction of sp³-hybridized carbons (Fsp3) is 0.925. The van der Waals surface area contributed by atoms with Crippen LogP contribution in [0.3, 0.4) is 0 Å². The minimum atomic E-state index is -0.186. The van der Waals surface area contributed by atoms with Gasteiger partial charge in [0.25, 0.3) is 0 Å². The zero-order valence-corrected chi connectivity index (χ0v) is 30.0. The lowest BCUT2D eigenvalue weighted by Gasteiger charge is -2.67. The van der Waals surface area contributed by atoms with Crippen LogP contribution in [-0.4, -0.2) is 54.3 Å². The van der Waals surface area contributed by atoms with Crippen molar-refractivity contribution in [2.75, 3.05) is 19.6 Å². The molecule has 0 radical (unpaired) electrons. The van der Waals surface area contributed by atoms with Crippen LogP contribution in [-0.2, 0) is 19.1 Å². The quantitative estimate of drug-likeness (QED) is 0.232. The van der Waals surface area contributed by atoms with Crippen molar-refractivity contribution in [2.45, 2.75) is 143 Å². The van der Waals surface area contributed by atoms with E-state index in [0.717, 1.165) is 44.4 Å². The van der Waals surface area contributed by atoms with E-state index in [4.69, 9.17) is 4.74 Å². The SMILES string of the molecule is CC1C(C=O)CC1C(=O)OC1CCC2(C)C(CCC3(C)C4CCC5(C(=O)NC(C)(C)CN6CCCC6)CCCC5C4CCC23)C1C. The van der Waals surface area contributed by atoms with Crippen LogP contribution in [0.15, 0.2) is 0 Å². The molecule has 0 bridgehead atoms. The Morgan fingerprint density at radius 1 is 0.848 bits per heavy atom. The van der Waals surface area contributed by atoms with Gasteiger partial charge in [-0.25, -0.2) is 0 Å². The number of ether oxygens (including phenoxy) is 1. The van der Waals surface area contributed by atoms with Crippen molar-refractivity contribution < 1.29 is 19.1 Å². The minimum absolute atomic E-state index is 0.00997. The van der Waals surface area contributed by atoms with E-state index in [0.29, 0.717) is 47.3 Å². The van der Waals surface area contributed by atoms with Crippen LogP contribution in [0.5, 0.6) is 0 Å². The molecular weight excluding hydrogens is 572 g/mol. The summed E-state index contributed by atoms with van der Waals surface area (Å²) in [6.45, 7) is 17.5. The molecule has 13 atom stereocenters. The molecule has 46 heavy (non-hydrogen) atoms. The summed E-state index contributed by atoms with van der Waals surface area (Å²) in [5.74, 6) is 3.97. The third kappa shape index (κ3) is 5.15. The standard InChI is InChI=1S/C40H64N2O4/c1-25-27(23-43)22-29(25)35(44)46-33-15-18-38(5)30(26(33)2)13-17-39(6)31-14-19-40(16-9-10-32(40)28(31)11-12-34(38)39)36(45)41-37(3,4)24-42-20-7-8-21-42/h23,25-34H,7-22,24H2,1-6H3,(H,41,45). The second-order valence-electron chi connectivity index (χ2n) is 18.9. The number of hydrogen-bond donors (Lipinski definition) is 1. The molecule has 7 rings (SSSR count). The Balaban J connectivity index is 1.03. The topological polar surface area (TPSA) is 75.7 Å². The van der Waals surface area contributed by atoms with Crippen LogP contribution in [0.1, 0.15) is 131 Å². The first kappa shape index (κ1) is 33.1. The zero-order valence-electron chi connectivity index (χ0n) is 30.0. The van der Waals surface area contributed by atoms with Gasteiger partial charge < -0.3 is 19.7 Å². The lowest BCUT2D eigenvalue weighted by Crippen LogP contribution is -2.63. The van der Waals surface area contributed by atoms with Gasteiger partial charge in [0, 0.05) is 18.0 Å². The molecular formula is C40H64N2O4. The van der Waals surface area contributed by atoms with E-state index >= 15 is 0 Å². The molecule has 7 fully saturated rings. The smallest absolute Gasteiger partial charge is 0.309 e. The first-order valence-electron chi connectivity index (χ1n) is 19.5. The van der Waals surface area contributed by atoms with Gasteiger partial charge in [-0.15, -0.1) is 0 Å². The largest absolute Gasteiger partial charge is 0.462 e. The molecule has 7 aliphatic rings. The van der Waals surface area contributed by atoms with Gasteiger partial charge in [-0.2, -0.15) is 0 Å². The highest BCUT2D eigenvalue weighted by Gasteiger charge is 2.66. The van der Waals surface area contributed by atoms with Gasteiger partial charge in [-0.05, 0) is 163 Å². The third-order valence-electron chi connectivity index (χ3n) is 16.3. The van der Waals surface area contributed by atoms with Crippen LogP contribution < -0.4 is 5.32 Å². The van der Waals surface area contributed by atoms with E-state index in [-0.39, 0.29) is 46.2 Å². The maximum Gasteiger partial charge on any atom is 0.309 e. The van der Waals surface area contributed by atoms with Crippen molar-refractivity contribution in [1.82, 2.24) is 10.2 Å². The number of amides is 1. The number of carbonyl (C=O) groups is 3. The molecule has 0 aromatic rings. The first-order valence-corrected chi connectivity index (χ1v) is 19.5. The molecule has 6 heteroatoms. The molecule has 0 aromatic heterocycles. The minimum Gasteiger partial charge on any atom is -0.462 e. The molecule has 0 spiro atoms. The maximum absolute atomic E-state index is 14.3. The Kier molecular flexibility index (Phi) is 8.54. The number of nitrogens with one attached hydrogen (secondary N) is 1. The number of fused-ring (bicyclic) bond motifs is 7. The number of likely N-dealkylation sites (tertiary alicyclic amines) is 1. The molecule has 258 valence electrons. The molecule has 0 aromatic carbocycles. The average molecular weight is 637 g/mol. The number of nitrogens with zero attached hydrogens (tertiary/aromatic N) is 1. The average Bonchev–Trinajstić information content (AvgIpc) is 3.68. The van der Waals surface area contributed by atoms with E-state index in [1.54, 1.807) is 0 Å². The highest BCUT2D eigenvalue weighted by molar-refractivity contribution is 5.84. The van der Waals surface area contributed by atoms with Crippen LogP contribution in [0.4, 0.5) is 0 Å². The molecule has 1 N–H and O–H groups in total. The van der Waals surface area contributed by atoms with Gasteiger partial charge in [0.15, 0.2) is 0 Å². The molecule has 6 nitrogen and oxygen atoms in total. The molecule has 6 saturated carbocycles. The summed E-state index contributed by atoms with van der Waals surface area (Å²) in [4.78, 5) is 41.3. The molecule has 13 unspecified atom stereocenters. The van der Waals surface area contributed by atoms with Gasteiger partial charge in [0.1, 0.15) is 12.4 Å². The summed E-state index contributed by atoms with van der Waals surface area (Å²) in [6.07, 6.45) is 17.3. The molecule has 1 aliphatic heterocycles. The number of rotatable bonds is 7. The first-order chi connectivity index (χ1) is 21.8. The number of aldehydes is 1. The van der Waals surface area contributed by atoms with Gasteiger partial charge in [0.05, 0.1) is 11.3 Å². The van der Waals surface area contributed by atoms with E-state index in [9.17, 15) is 14.4 Å². The highest BCUT2D eigenvalue weighted by Crippen LogP contribution is 2.72. The lowest BCUT2D eigenvalue weighted by molar-refractivity contribution is -0.205. The summed E-state index contributed by atoms with van der Waals surface area (Å²) in [5, 5.41) is 3.63. The Bertz CT molecular complexity index is 1200. The molecule has 1 heterocycles. The predicted octanol–water partition coefficient (Wildman–Crippen LogP) is 7.44. The van der Waals surface area contributed by atoms with Crippen LogP contribution >= 0.6 is 0 Å². The van der Waals surface area contributed by atoms with Crippen molar-refractivity contribution >= 4 is 18.2 Å².